The Morgan fingerprint density at radius 1 is 1.39 bits per heavy atom. The highest BCUT2D eigenvalue weighted by Crippen LogP contribution is 2.30. The fourth-order valence-electron chi connectivity index (χ4n) is 1.88. The van der Waals surface area contributed by atoms with Gasteiger partial charge in [-0.3, -0.25) is 4.68 Å². The van der Waals surface area contributed by atoms with Gasteiger partial charge in [0, 0.05) is 13.1 Å². The fraction of sp³-hybridized carbons (Fsp3) is 0.727. The maximum Gasteiger partial charge on any atom is 0.405 e. The van der Waals surface area contributed by atoms with Gasteiger partial charge >= 0.3 is 6.18 Å². The van der Waals surface area contributed by atoms with Crippen molar-refractivity contribution in [1.29, 1.82) is 0 Å². The normalized spacial score (nSPS) is 12.2. The molecule has 7 heteroatoms. The lowest BCUT2D eigenvalue weighted by molar-refractivity contribution is -0.120. The molecule has 2 N–H and O–H groups in total. The maximum atomic E-state index is 12.6. The Morgan fingerprint density at radius 3 is 2.28 bits per heavy atom. The molecule has 1 heterocycles. The standard InChI is InChI=1S/C11H19F3N4/c1-5-8-9(15)10(17(4)16-8)18(7(2)3)6-11(12,13)14/h7H,5-6,15H2,1-4H3. The molecule has 0 aliphatic carbocycles. The number of nitrogen functional groups attached to an aromatic ring is 1. The molecular weight excluding hydrogens is 245 g/mol. The number of aryl methyl sites for hydroxylation is 2. The van der Waals surface area contributed by atoms with E-state index >= 15 is 0 Å². The Morgan fingerprint density at radius 2 is 1.94 bits per heavy atom. The molecule has 0 aliphatic rings. The Kier molecular flexibility index (Phi) is 4.13. The van der Waals surface area contributed by atoms with Crippen LogP contribution < -0.4 is 10.6 Å². The molecule has 0 spiro atoms. The SMILES string of the molecule is CCc1nn(C)c(N(CC(F)(F)F)C(C)C)c1N. The van der Waals surface area contributed by atoms with E-state index in [0.717, 1.165) is 0 Å². The lowest BCUT2D eigenvalue weighted by Crippen LogP contribution is -2.40. The second-order valence-electron chi connectivity index (χ2n) is 4.50. The first-order chi connectivity index (χ1) is 8.17. The van der Waals surface area contributed by atoms with Crippen LogP contribution in [0.4, 0.5) is 24.7 Å². The van der Waals surface area contributed by atoms with Gasteiger partial charge in [-0.05, 0) is 20.3 Å². The fourth-order valence-corrected chi connectivity index (χ4v) is 1.88. The minimum atomic E-state index is -4.27. The largest absolute Gasteiger partial charge is 0.405 e. The smallest absolute Gasteiger partial charge is 0.394 e. The van der Waals surface area contributed by atoms with Crippen LogP contribution in [0.15, 0.2) is 0 Å². The highest BCUT2D eigenvalue weighted by Gasteiger charge is 2.34. The molecule has 1 rings (SSSR count). The third-order valence-corrected chi connectivity index (χ3v) is 2.71. The molecule has 0 aromatic carbocycles. The number of hydrogen-bond acceptors (Lipinski definition) is 3. The summed E-state index contributed by atoms with van der Waals surface area (Å²) in [6.07, 6.45) is -3.68. The zero-order chi connectivity index (χ0) is 14.1. The van der Waals surface area contributed by atoms with Gasteiger partial charge in [0.25, 0.3) is 0 Å². The van der Waals surface area contributed by atoms with Gasteiger partial charge in [-0.25, -0.2) is 0 Å². The minimum Gasteiger partial charge on any atom is -0.394 e. The third kappa shape index (κ3) is 3.08. The molecule has 18 heavy (non-hydrogen) atoms. The predicted octanol–water partition coefficient (Wildman–Crippen LogP) is 2.34. The lowest BCUT2D eigenvalue weighted by atomic mass is 10.2. The van der Waals surface area contributed by atoms with Crippen LogP contribution >= 0.6 is 0 Å². The molecule has 0 unspecified atom stereocenters. The van der Waals surface area contributed by atoms with Crippen molar-refractivity contribution in [3.8, 4) is 0 Å². The second-order valence-corrected chi connectivity index (χ2v) is 4.50. The van der Waals surface area contributed by atoms with E-state index in [0.29, 0.717) is 23.6 Å². The van der Waals surface area contributed by atoms with Crippen molar-refractivity contribution in [2.75, 3.05) is 17.2 Å². The van der Waals surface area contributed by atoms with Crippen molar-refractivity contribution in [3.63, 3.8) is 0 Å². The number of halogens is 3. The zero-order valence-corrected chi connectivity index (χ0v) is 11.0. The van der Waals surface area contributed by atoms with E-state index in [1.54, 1.807) is 20.9 Å². The van der Waals surface area contributed by atoms with Crippen LogP contribution in [0, 0.1) is 0 Å². The molecule has 1 aromatic rings. The number of alkyl halides is 3. The van der Waals surface area contributed by atoms with Gasteiger partial charge in [-0.15, -0.1) is 0 Å². The van der Waals surface area contributed by atoms with Crippen molar-refractivity contribution in [1.82, 2.24) is 9.78 Å². The first kappa shape index (κ1) is 14.7. The number of nitrogens with two attached hydrogens (primary N) is 1. The molecule has 0 fully saturated rings. The van der Waals surface area contributed by atoms with Gasteiger partial charge in [-0.2, -0.15) is 18.3 Å². The molecule has 104 valence electrons. The first-order valence-corrected chi connectivity index (χ1v) is 5.82. The Hall–Kier alpha value is -1.40. The van der Waals surface area contributed by atoms with E-state index < -0.39 is 12.7 Å². The van der Waals surface area contributed by atoms with Crippen LogP contribution in [-0.4, -0.2) is 28.5 Å². The monoisotopic (exact) mass is 264 g/mol. The summed E-state index contributed by atoms with van der Waals surface area (Å²) < 4.78 is 39.2. The molecule has 0 saturated carbocycles. The highest BCUT2D eigenvalue weighted by molar-refractivity contribution is 5.67. The van der Waals surface area contributed by atoms with E-state index in [9.17, 15) is 13.2 Å². The van der Waals surface area contributed by atoms with Gasteiger partial charge in [0.1, 0.15) is 6.54 Å². The van der Waals surface area contributed by atoms with Crippen molar-refractivity contribution in [3.05, 3.63) is 5.69 Å². The number of rotatable bonds is 4. The molecule has 4 nitrogen and oxygen atoms in total. The third-order valence-electron chi connectivity index (χ3n) is 2.71. The van der Waals surface area contributed by atoms with Crippen molar-refractivity contribution >= 4 is 11.5 Å². The van der Waals surface area contributed by atoms with Crippen LogP contribution in [0.2, 0.25) is 0 Å². The summed E-state index contributed by atoms with van der Waals surface area (Å²) in [5, 5.41) is 4.14. The van der Waals surface area contributed by atoms with Gasteiger partial charge in [0.2, 0.25) is 0 Å². The summed E-state index contributed by atoms with van der Waals surface area (Å²) in [5.41, 5.74) is 6.84. The Labute approximate surface area is 105 Å². The van der Waals surface area contributed by atoms with E-state index in [2.05, 4.69) is 5.10 Å². The molecular formula is C11H19F3N4. The minimum absolute atomic E-state index is 0.311. The van der Waals surface area contributed by atoms with Crippen molar-refractivity contribution < 1.29 is 13.2 Å². The predicted molar refractivity (Wildman–Crippen MR) is 65.5 cm³/mol. The molecule has 0 atom stereocenters. The lowest BCUT2D eigenvalue weighted by Gasteiger charge is -2.29. The summed E-state index contributed by atoms with van der Waals surface area (Å²) in [5.74, 6) is 0.333. The highest BCUT2D eigenvalue weighted by atomic mass is 19.4. The summed E-state index contributed by atoms with van der Waals surface area (Å²) >= 11 is 0. The molecule has 0 radical (unpaired) electrons. The van der Waals surface area contributed by atoms with Crippen LogP contribution in [0.3, 0.4) is 0 Å². The van der Waals surface area contributed by atoms with Gasteiger partial charge in [0.05, 0.1) is 11.4 Å². The quantitative estimate of drug-likeness (QED) is 0.908. The van der Waals surface area contributed by atoms with Crippen LogP contribution in [0.25, 0.3) is 0 Å². The molecule has 1 aromatic heterocycles. The molecule has 0 amide bonds. The van der Waals surface area contributed by atoms with Gasteiger partial charge in [0.15, 0.2) is 5.82 Å². The average Bonchev–Trinajstić information content (AvgIpc) is 2.49. The summed E-state index contributed by atoms with van der Waals surface area (Å²) in [7, 11) is 1.61. The topological polar surface area (TPSA) is 47.1 Å². The number of anilines is 2. The van der Waals surface area contributed by atoms with Gasteiger partial charge in [-0.1, -0.05) is 6.92 Å². The second kappa shape index (κ2) is 5.07. The van der Waals surface area contributed by atoms with Crippen LogP contribution in [-0.2, 0) is 13.5 Å². The average molecular weight is 264 g/mol. The van der Waals surface area contributed by atoms with E-state index in [4.69, 9.17) is 5.73 Å². The molecule has 0 aliphatic heterocycles. The molecule has 0 bridgehead atoms. The summed E-state index contributed by atoms with van der Waals surface area (Å²) in [4.78, 5) is 1.22. The van der Waals surface area contributed by atoms with Crippen LogP contribution in [0.5, 0.6) is 0 Å². The van der Waals surface area contributed by atoms with E-state index in [1.807, 2.05) is 6.92 Å². The number of aromatic nitrogens is 2. The van der Waals surface area contributed by atoms with E-state index in [1.165, 1.54) is 9.58 Å². The maximum absolute atomic E-state index is 12.6. The van der Waals surface area contributed by atoms with E-state index in [-0.39, 0.29) is 6.04 Å². The number of nitrogens with zero attached hydrogens (tertiary/aromatic N) is 3. The summed E-state index contributed by atoms with van der Waals surface area (Å²) in [6.45, 7) is 4.23. The first-order valence-electron chi connectivity index (χ1n) is 5.82. The number of hydrogen-bond donors (Lipinski definition) is 1. The van der Waals surface area contributed by atoms with Gasteiger partial charge < -0.3 is 10.6 Å². The summed E-state index contributed by atoms with van der Waals surface area (Å²) in [6, 6.07) is -0.311. The van der Waals surface area contributed by atoms with Crippen molar-refractivity contribution in [2.45, 2.75) is 39.4 Å². The Bertz CT molecular complexity index is 409. The van der Waals surface area contributed by atoms with Crippen LogP contribution in [0.1, 0.15) is 26.5 Å². The van der Waals surface area contributed by atoms with Crippen molar-refractivity contribution in [2.24, 2.45) is 7.05 Å². The Balaban J connectivity index is 3.18. The zero-order valence-electron chi connectivity index (χ0n) is 11.0. The molecule has 0 saturated heterocycles.